The molecule has 0 spiro atoms. The fourth-order valence-electron chi connectivity index (χ4n) is 3.18. The Bertz CT molecular complexity index is 753. The number of amidine groups is 1. The van der Waals surface area contributed by atoms with Gasteiger partial charge in [-0.2, -0.15) is 0 Å². The van der Waals surface area contributed by atoms with E-state index in [0.717, 1.165) is 43.1 Å². The number of nitrogens with zero attached hydrogens (tertiary/aromatic N) is 2. The van der Waals surface area contributed by atoms with Gasteiger partial charge in [0, 0.05) is 24.2 Å². The van der Waals surface area contributed by atoms with Crippen LogP contribution in [0.15, 0.2) is 59.6 Å². The molecule has 3 rings (SSSR count). The molecule has 0 aliphatic carbocycles. The molecule has 4 heteroatoms. The van der Waals surface area contributed by atoms with Crippen LogP contribution in [0.2, 0.25) is 0 Å². The summed E-state index contributed by atoms with van der Waals surface area (Å²) >= 11 is 0. The van der Waals surface area contributed by atoms with Crippen LogP contribution in [0, 0.1) is 5.92 Å². The predicted octanol–water partition coefficient (Wildman–Crippen LogP) is 4.60. The quantitative estimate of drug-likeness (QED) is 0.740. The van der Waals surface area contributed by atoms with E-state index in [-0.39, 0.29) is 5.78 Å². The zero-order valence-corrected chi connectivity index (χ0v) is 15.5. The number of ketones is 1. The molecule has 1 aliphatic heterocycles. The Hall–Kier alpha value is -2.62. The fourth-order valence-corrected chi connectivity index (χ4v) is 3.18. The largest absolute Gasteiger partial charge is 0.497 e. The molecule has 0 amide bonds. The SMILES string of the molecule is COc1ccc(C(=O)CN(C2=NCCC(C)CC2)c2ccccc2)cc1. The standard InChI is InChI=1S/C22H26N2O2/c1-17-8-13-22(23-15-14-17)24(19-6-4-3-5-7-19)16-21(25)18-9-11-20(26-2)12-10-18/h3-7,9-12,17H,8,13-16H2,1-2H3. The summed E-state index contributed by atoms with van der Waals surface area (Å²) in [5.74, 6) is 2.52. The molecule has 0 radical (unpaired) electrons. The summed E-state index contributed by atoms with van der Waals surface area (Å²) in [5.41, 5.74) is 1.71. The molecule has 1 unspecified atom stereocenters. The number of carbonyl (C=O) groups is 1. The minimum Gasteiger partial charge on any atom is -0.497 e. The lowest BCUT2D eigenvalue weighted by Crippen LogP contribution is -2.36. The molecule has 0 saturated carbocycles. The number of hydrogen-bond acceptors (Lipinski definition) is 4. The van der Waals surface area contributed by atoms with Gasteiger partial charge in [-0.25, -0.2) is 0 Å². The van der Waals surface area contributed by atoms with Crippen molar-refractivity contribution in [1.29, 1.82) is 0 Å². The zero-order valence-electron chi connectivity index (χ0n) is 15.5. The first-order chi connectivity index (χ1) is 12.7. The highest BCUT2D eigenvalue weighted by molar-refractivity contribution is 6.07. The van der Waals surface area contributed by atoms with Crippen LogP contribution >= 0.6 is 0 Å². The Balaban J connectivity index is 1.83. The number of hydrogen-bond donors (Lipinski definition) is 0. The van der Waals surface area contributed by atoms with Gasteiger partial charge in [-0.05, 0) is 55.2 Å². The molecule has 0 fully saturated rings. The molecule has 0 saturated heterocycles. The molecule has 1 heterocycles. The van der Waals surface area contributed by atoms with E-state index in [9.17, 15) is 4.79 Å². The number of benzene rings is 2. The van der Waals surface area contributed by atoms with Gasteiger partial charge in [0.2, 0.25) is 0 Å². The molecular weight excluding hydrogens is 324 g/mol. The normalized spacial score (nSPS) is 17.2. The van der Waals surface area contributed by atoms with Crippen LogP contribution in [0.5, 0.6) is 5.75 Å². The van der Waals surface area contributed by atoms with E-state index in [1.807, 2.05) is 54.6 Å². The lowest BCUT2D eigenvalue weighted by atomic mass is 10.0. The molecule has 136 valence electrons. The minimum atomic E-state index is 0.0801. The number of rotatable bonds is 5. The van der Waals surface area contributed by atoms with Crippen LogP contribution in [0.25, 0.3) is 0 Å². The molecule has 0 aromatic heterocycles. The fraction of sp³-hybridized carbons (Fsp3) is 0.364. The molecule has 2 aromatic carbocycles. The number of anilines is 1. The van der Waals surface area contributed by atoms with Crippen molar-refractivity contribution in [1.82, 2.24) is 0 Å². The summed E-state index contributed by atoms with van der Waals surface area (Å²) in [4.78, 5) is 19.8. The highest BCUT2D eigenvalue weighted by Gasteiger charge is 2.20. The second-order valence-electron chi connectivity index (χ2n) is 6.80. The Morgan fingerprint density at radius 1 is 1.12 bits per heavy atom. The van der Waals surface area contributed by atoms with E-state index in [1.54, 1.807) is 7.11 Å². The van der Waals surface area contributed by atoms with Gasteiger partial charge in [-0.3, -0.25) is 9.79 Å². The van der Waals surface area contributed by atoms with E-state index >= 15 is 0 Å². The van der Waals surface area contributed by atoms with Crippen molar-refractivity contribution in [3.63, 3.8) is 0 Å². The van der Waals surface area contributed by atoms with Gasteiger partial charge in [-0.1, -0.05) is 25.1 Å². The Labute approximate surface area is 155 Å². The number of ether oxygens (including phenoxy) is 1. The molecule has 4 nitrogen and oxygen atoms in total. The molecule has 1 atom stereocenters. The van der Waals surface area contributed by atoms with Gasteiger partial charge in [0.15, 0.2) is 5.78 Å². The van der Waals surface area contributed by atoms with Crippen molar-refractivity contribution in [3.05, 3.63) is 60.2 Å². The topological polar surface area (TPSA) is 41.9 Å². The van der Waals surface area contributed by atoms with Crippen LogP contribution in [0.4, 0.5) is 5.69 Å². The van der Waals surface area contributed by atoms with Crippen molar-refractivity contribution in [2.24, 2.45) is 10.9 Å². The number of carbonyl (C=O) groups excluding carboxylic acids is 1. The molecular formula is C22H26N2O2. The van der Waals surface area contributed by atoms with Gasteiger partial charge in [-0.15, -0.1) is 0 Å². The highest BCUT2D eigenvalue weighted by atomic mass is 16.5. The first-order valence-electron chi connectivity index (χ1n) is 9.20. The maximum atomic E-state index is 12.9. The van der Waals surface area contributed by atoms with Crippen molar-refractivity contribution in [2.45, 2.75) is 26.2 Å². The zero-order chi connectivity index (χ0) is 18.4. The summed E-state index contributed by atoms with van der Waals surface area (Å²) in [6.07, 6.45) is 3.13. The molecule has 1 aliphatic rings. The van der Waals surface area contributed by atoms with Crippen LogP contribution in [0.1, 0.15) is 36.5 Å². The third-order valence-electron chi connectivity index (χ3n) is 4.87. The molecule has 0 bridgehead atoms. The van der Waals surface area contributed by atoms with E-state index in [1.165, 1.54) is 0 Å². The Morgan fingerprint density at radius 3 is 2.54 bits per heavy atom. The average Bonchev–Trinajstić information content (AvgIpc) is 2.91. The summed E-state index contributed by atoms with van der Waals surface area (Å²) in [5, 5.41) is 0. The van der Waals surface area contributed by atoms with Crippen LogP contribution < -0.4 is 9.64 Å². The monoisotopic (exact) mass is 350 g/mol. The van der Waals surface area contributed by atoms with E-state index in [2.05, 4.69) is 11.8 Å². The van der Waals surface area contributed by atoms with Crippen LogP contribution in [-0.4, -0.2) is 31.8 Å². The second kappa shape index (κ2) is 8.65. The van der Waals surface area contributed by atoms with Crippen molar-refractivity contribution >= 4 is 17.3 Å². The first kappa shape index (κ1) is 18.2. The first-order valence-corrected chi connectivity index (χ1v) is 9.20. The highest BCUT2D eigenvalue weighted by Crippen LogP contribution is 2.22. The number of para-hydroxylation sites is 1. The Morgan fingerprint density at radius 2 is 1.85 bits per heavy atom. The van der Waals surface area contributed by atoms with Gasteiger partial charge < -0.3 is 9.64 Å². The van der Waals surface area contributed by atoms with Crippen LogP contribution in [-0.2, 0) is 0 Å². The average molecular weight is 350 g/mol. The Kier molecular flexibility index (Phi) is 6.05. The van der Waals surface area contributed by atoms with Crippen molar-refractivity contribution in [3.8, 4) is 5.75 Å². The maximum Gasteiger partial charge on any atom is 0.182 e. The lowest BCUT2D eigenvalue weighted by Gasteiger charge is -2.25. The third-order valence-corrected chi connectivity index (χ3v) is 4.87. The second-order valence-corrected chi connectivity index (χ2v) is 6.80. The third kappa shape index (κ3) is 4.51. The van der Waals surface area contributed by atoms with Gasteiger partial charge >= 0.3 is 0 Å². The summed E-state index contributed by atoms with van der Waals surface area (Å²) in [6, 6.07) is 17.4. The van der Waals surface area contributed by atoms with E-state index < -0.39 is 0 Å². The van der Waals surface area contributed by atoms with Gasteiger partial charge in [0.25, 0.3) is 0 Å². The number of aliphatic imine (C=N–C) groups is 1. The lowest BCUT2D eigenvalue weighted by molar-refractivity contribution is 0.100. The van der Waals surface area contributed by atoms with Gasteiger partial charge in [0.1, 0.15) is 11.6 Å². The summed E-state index contributed by atoms with van der Waals surface area (Å²) in [7, 11) is 1.62. The molecule has 0 N–H and O–H groups in total. The smallest absolute Gasteiger partial charge is 0.182 e. The minimum absolute atomic E-state index is 0.0801. The van der Waals surface area contributed by atoms with Crippen molar-refractivity contribution < 1.29 is 9.53 Å². The molecule has 26 heavy (non-hydrogen) atoms. The predicted molar refractivity (Wildman–Crippen MR) is 106 cm³/mol. The van der Waals surface area contributed by atoms with Crippen LogP contribution in [0.3, 0.4) is 0 Å². The van der Waals surface area contributed by atoms with E-state index in [0.29, 0.717) is 18.0 Å². The van der Waals surface area contributed by atoms with Crippen molar-refractivity contribution in [2.75, 3.05) is 25.1 Å². The summed E-state index contributed by atoms with van der Waals surface area (Å²) in [6.45, 7) is 3.40. The summed E-state index contributed by atoms with van der Waals surface area (Å²) < 4.78 is 5.18. The number of Topliss-reactive ketones (excluding diaryl/α,β-unsaturated/α-hetero) is 1. The van der Waals surface area contributed by atoms with E-state index in [4.69, 9.17) is 9.73 Å². The van der Waals surface area contributed by atoms with Gasteiger partial charge in [0.05, 0.1) is 13.7 Å². The molecule has 2 aromatic rings. The maximum absolute atomic E-state index is 12.9. The number of methoxy groups -OCH3 is 1.